The fraction of sp³-hybridized carbons (Fsp3) is 0.700. The van der Waals surface area contributed by atoms with Crippen LogP contribution in [0.4, 0.5) is 13.2 Å². The molecule has 1 amide bonds. The van der Waals surface area contributed by atoms with Crippen LogP contribution in [0.5, 0.6) is 0 Å². The van der Waals surface area contributed by atoms with Crippen LogP contribution in [0, 0.1) is 0 Å². The highest BCUT2D eigenvalue weighted by atomic mass is 32.2. The first-order chi connectivity index (χ1) is 9.55. The Kier molecular flexibility index (Phi) is 5.45. The smallest absolute Gasteiger partial charge is 0.480 e. The second-order valence-electron chi connectivity index (χ2n) is 4.37. The van der Waals surface area contributed by atoms with E-state index in [0.29, 0.717) is 12.2 Å². The van der Waals surface area contributed by atoms with Crippen molar-refractivity contribution in [3.8, 4) is 0 Å². The molecule has 0 saturated carbocycles. The molecule has 2 heterocycles. The van der Waals surface area contributed by atoms with E-state index < -0.39 is 30.2 Å². The SMILES string of the molecule is NC1CCC2SCC(C(=O)O)N2C1=O.O=C(O)C(F)(F)F. The van der Waals surface area contributed by atoms with Crippen LogP contribution >= 0.6 is 11.8 Å². The maximum Gasteiger partial charge on any atom is 0.490 e. The van der Waals surface area contributed by atoms with E-state index in [9.17, 15) is 22.8 Å². The second-order valence-corrected chi connectivity index (χ2v) is 5.59. The Morgan fingerprint density at radius 1 is 1.29 bits per heavy atom. The van der Waals surface area contributed by atoms with E-state index in [-0.39, 0.29) is 11.3 Å². The number of carboxylic acids is 2. The fourth-order valence-electron chi connectivity index (χ4n) is 1.91. The van der Waals surface area contributed by atoms with Gasteiger partial charge in [-0.2, -0.15) is 13.2 Å². The summed E-state index contributed by atoms with van der Waals surface area (Å²) in [6.07, 6.45) is -3.61. The number of hydrogen-bond donors (Lipinski definition) is 3. The van der Waals surface area contributed by atoms with Crippen LogP contribution < -0.4 is 5.73 Å². The number of piperidine rings is 1. The first-order valence-electron chi connectivity index (χ1n) is 5.78. The van der Waals surface area contributed by atoms with Crippen LogP contribution in [-0.2, 0) is 14.4 Å². The van der Waals surface area contributed by atoms with Gasteiger partial charge in [0, 0.05) is 5.75 Å². The second kappa shape index (κ2) is 6.52. The van der Waals surface area contributed by atoms with Gasteiger partial charge in [0.2, 0.25) is 5.91 Å². The molecule has 2 aliphatic heterocycles. The minimum atomic E-state index is -5.08. The van der Waals surface area contributed by atoms with E-state index in [2.05, 4.69) is 0 Å². The van der Waals surface area contributed by atoms with Crippen molar-refractivity contribution in [3.05, 3.63) is 0 Å². The van der Waals surface area contributed by atoms with Crippen molar-refractivity contribution in [3.63, 3.8) is 0 Å². The third-order valence-corrected chi connectivity index (χ3v) is 4.27. The molecule has 2 rings (SSSR count). The number of nitrogens with zero attached hydrogens (tertiary/aromatic N) is 1. The van der Waals surface area contributed by atoms with Gasteiger partial charge in [-0.15, -0.1) is 11.8 Å². The number of hydrogen-bond acceptors (Lipinski definition) is 5. The number of amides is 1. The van der Waals surface area contributed by atoms with Crippen LogP contribution in [0.1, 0.15) is 12.8 Å². The Labute approximate surface area is 121 Å². The lowest BCUT2D eigenvalue weighted by molar-refractivity contribution is -0.192. The Bertz CT molecular complexity index is 445. The van der Waals surface area contributed by atoms with Gasteiger partial charge in [0.05, 0.1) is 11.4 Å². The molecule has 2 saturated heterocycles. The lowest BCUT2D eigenvalue weighted by atomic mass is 10.0. The van der Waals surface area contributed by atoms with Gasteiger partial charge in [-0.3, -0.25) is 4.79 Å². The maximum absolute atomic E-state index is 11.6. The zero-order chi connectivity index (χ0) is 16.4. The number of aliphatic carboxylic acids is 2. The molecule has 7 nitrogen and oxygen atoms in total. The fourth-order valence-corrected chi connectivity index (χ4v) is 3.33. The Morgan fingerprint density at radius 2 is 1.81 bits per heavy atom. The molecule has 0 aliphatic carbocycles. The molecular weight excluding hydrogens is 317 g/mol. The third-order valence-electron chi connectivity index (χ3n) is 2.92. The molecule has 0 spiro atoms. The number of nitrogens with two attached hydrogens (primary N) is 1. The minimum Gasteiger partial charge on any atom is -0.480 e. The molecular formula is C10H13F3N2O5S. The molecule has 3 atom stereocenters. The zero-order valence-electron chi connectivity index (χ0n) is 10.5. The molecule has 2 aliphatic rings. The topological polar surface area (TPSA) is 121 Å². The lowest BCUT2D eigenvalue weighted by Crippen LogP contribution is -2.55. The number of fused-ring (bicyclic) bond motifs is 1. The van der Waals surface area contributed by atoms with E-state index in [4.69, 9.17) is 20.7 Å². The van der Waals surface area contributed by atoms with Crippen molar-refractivity contribution in [1.29, 1.82) is 0 Å². The molecule has 3 unspecified atom stereocenters. The average Bonchev–Trinajstić information content (AvgIpc) is 2.78. The van der Waals surface area contributed by atoms with Crippen molar-refractivity contribution < 1.29 is 37.8 Å². The van der Waals surface area contributed by atoms with Gasteiger partial charge in [-0.05, 0) is 12.8 Å². The lowest BCUT2D eigenvalue weighted by Gasteiger charge is -2.34. The van der Waals surface area contributed by atoms with Crippen molar-refractivity contribution in [2.45, 2.75) is 36.5 Å². The molecule has 0 aromatic carbocycles. The van der Waals surface area contributed by atoms with Gasteiger partial charge in [0.25, 0.3) is 0 Å². The van der Waals surface area contributed by atoms with Crippen molar-refractivity contribution in [2.75, 3.05) is 5.75 Å². The average molecular weight is 330 g/mol. The molecule has 11 heteroatoms. The predicted octanol–water partition coefficient (Wildman–Crippen LogP) is 0.0955. The Morgan fingerprint density at radius 3 is 2.24 bits per heavy atom. The summed E-state index contributed by atoms with van der Waals surface area (Å²) in [6.45, 7) is 0. The van der Waals surface area contributed by atoms with Gasteiger partial charge in [0.15, 0.2) is 0 Å². The quantitative estimate of drug-likeness (QED) is 0.623. The zero-order valence-corrected chi connectivity index (χ0v) is 11.4. The van der Waals surface area contributed by atoms with E-state index in [0.717, 1.165) is 6.42 Å². The summed E-state index contributed by atoms with van der Waals surface area (Å²) in [6, 6.07) is -1.18. The van der Waals surface area contributed by atoms with Gasteiger partial charge >= 0.3 is 18.1 Å². The molecule has 21 heavy (non-hydrogen) atoms. The normalized spacial score (nSPS) is 28.5. The van der Waals surface area contributed by atoms with Crippen LogP contribution in [0.15, 0.2) is 0 Å². The standard InChI is InChI=1S/C8H12N2O3S.C2HF3O2/c9-4-1-2-6-10(7(4)11)5(3-14-6)8(12)13;3-2(4,5)1(6)7/h4-6H,1-3,9H2,(H,12,13);(H,6,7). The molecule has 2 fully saturated rings. The first kappa shape index (κ1) is 17.6. The molecule has 0 radical (unpaired) electrons. The van der Waals surface area contributed by atoms with Crippen LogP contribution in [0.2, 0.25) is 0 Å². The monoisotopic (exact) mass is 330 g/mol. The summed E-state index contributed by atoms with van der Waals surface area (Å²) < 4.78 is 31.7. The highest BCUT2D eigenvalue weighted by molar-refractivity contribution is 8.00. The van der Waals surface area contributed by atoms with E-state index in [1.165, 1.54) is 16.7 Å². The molecule has 4 N–H and O–H groups in total. The van der Waals surface area contributed by atoms with Crippen molar-refractivity contribution in [2.24, 2.45) is 5.73 Å². The minimum absolute atomic E-state index is 0.0309. The molecule has 0 bridgehead atoms. The van der Waals surface area contributed by atoms with E-state index in [1.807, 2.05) is 0 Å². The summed E-state index contributed by atoms with van der Waals surface area (Å²) in [5, 5.41) is 16.1. The summed E-state index contributed by atoms with van der Waals surface area (Å²) in [7, 11) is 0. The van der Waals surface area contributed by atoms with Crippen LogP contribution in [0.3, 0.4) is 0 Å². The van der Waals surface area contributed by atoms with Crippen molar-refractivity contribution in [1.82, 2.24) is 4.90 Å². The number of carboxylic acid groups (broad SMARTS) is 2. The van der Waals surface area contributed by atoms with E-state index in [1.54, 1.807) is 0 Å². The maximum atomic E-state index is 11.6. The molecule has 120 valence electrons. The summed E-state index contributed by atoms with van der Waals surface area (Å²) in [5.74, 6) is -3.41. The number of carbonyl (C=O) groups is 3. The van der Waals surface area contributed by atoms with E-state index >= 15 is 0 Å². The number of rotatable bonds is 1. The van der Waals surface area contributed by atoms with Gasteiger partial charge < -0.3 is 20.8 Å². The highest BCUT2D eigenvalue weighted by Gasteiger charge is 2.45. The Hall–Kier alpha value is -1.49. The van der Waals surface area contributed by atoms with Crippen molar-refractivity contribution >= 4 is 29.6 Å². The largest absolute Gasteiger partial charge is 0.490 e. The van der Waals surface area contributed by atoms with Crippen LogP contribution in [-0.4, -0.2) is 62.3 Å². The van der Waals surface area contributed by atoms with Gasteiger partial charge in [-0.1, -0.05) is 0 Å². The van der Waals surface area contributed by atoms with Gasteiger partial charge in [-0.25, -0.2) is 9.59 Å². The number of carbonyl (C=O) groups excluding carboxylic acids is 1. The highest BCUT2D eigenvalue weighted by Crippen LogP contribution is 2.35. The predicted molar refractivity (Wildman–Crippen MR) is 65.4 cm³/mol. The number of halogens is 3. The third kappa shape index (κ3) is 4.24. The number of thioether (sulfide) groups is 1. The summed E-state index contributed by atoms with van der Waals surface area (Å²) >= 11 is 1.54. The van der Waals surface area contributed by atoms with Crippen LogP contribution in [0.25, 0.3) is 0 Å². The Balaban J connectivity index is 0.000000270. The molecule has 0 aromatic heterocycles. The molecule has 0 aromatic rings. The first-order valence-corrected chi connectivity index (χ1v) is 6.83. The van der Waals surface area contributed by atoms with Gasteiger partial charge in [0.1, 0.15) is 6.04 Å². The number of alkyl halides is 3. The summed E-state index contributed by atoms with van der Waals surface area (Å²) in [4.78, 5) is 32.8. The summed E-state index contributed by atoms with van der Waals surface area (Å²) in [5.41, 5.74) is 5.60.